The van der Waals surface area contributed by atoms with Crippen LogP contribution in [0.25, 0.3) is 11.2 Å². The first-order chi connectivity index (χ1) is 15.3. The van der Waals surface area contributed by atoms with Crippen molar-refractivity contribution in [1.29, 1.82) is 0 Å². The summed E-state index contributed by atoms with van der Waals surface area (Å²) in [5.41, 5.74) is 5.27. The minimum absolute atomic E-state index is 1.17. The van der Waals surface area contributed by atoms with Crippen LogP contribution in [0.1, 0.15) is 153 Å². The van der Waals surface area contributed by atoms with Crippen LogP contribution < -0.4 is 0 Å². The molecular weight excluding hydrogens is 376 g/mol. The highest BCUT2D eigenvalue weighted by atomic mass is 16.3. The van der Waals surface area contributed by atoms with Crippen LogP contribution in [0.3, 0.4) is 0 Å². The molecule has 1 heteroatoms. The lowest BCUT2D eigenvalue weighted by Crippen LogP contribution is -1.89. The van der Waals surface area contributed by atoms with Crippen molar-refractivity contribution in [2.24, 2.45) is 0 Å². The Bertz CT molecular complexity index is 571. The van der Waals surface area contributed by atoms with E-state index in [0.717, 1.165) is 0 Å². The number of unbranched alkanes of at least 4 members (excludes halogenated alkanes) is 18. The van der Waals surface area contributed by atoms with E-state index in [1.165, 1.54) is 164 Å². The maximum absolute atomic E-state index is 6.03. The van der Waals surface area contributed by atoms with E-state index in [2.05, 4.69) is 26.0 Å². The summed E-state index contributed by atoms with van der Waals surface area (Å²) in [4.78, 5) is 0. The molecule has 0 atom stereocenters. The highest BCUT2D eigenvalue weighted by Gasteiger charge is 2.12. The molecule has 0 saturated carbocycles. The zero-order valence-corrected chi connectivity index (χ0v) is 21.1. The zero-order chi connectivity index (χ0) is 22.0. The highest BCUT2D eigenvalue weighted by molar-refractivity contribution is 5.70. The number of hydrogen-bond donors (Lipinski definition) is 0. The van der Waals surface area contributed by atoms with Crippen LogP contribution in [0.4, 0.5) is 0 Å². The van der Waals surface area contributed by atoms with Crippen LogP contribution in [0.15, 0.2) is 16.5 Å². The van der Waals surface area contributed by atoms with Gasteiger partial charge in [0.25, 0.3) is 0 Å². The molecule has 0 fully saturated rings. The normalized spacial score (nSPS) is 11.8. The van der Waals surface area contributed by atoms with Crippen molar-refractivity contribution >= 4 is 11.2 Å². The second-order valence-corrected chi connectivity index (χ2v) is 10.0. The molecule has 2 aromatic rings. The predicted molar refractivity (Wildman–Crippen MR) is 138 cm³/mol. The van der Waals surface area contributed by atoms with Gasteiger partial charge >= 0.3 is 0 Å². The second kappa shape index (κ2) is 17.6. The van der Waals surface area contributed by atoms with Gasteiger partial charge in [0.1, 0.15) is 11.2 Å². The first kappa shape index (κ1) is 26.3. The van der Waals surface area contributed by atoms with E-state index >= 15 is 0 Å². The fourth-order valence-electron chi connectivity index (χ4n) is 4.95. The molecule has 0 radical (unpaired) electrons. The van der Waals surface area contributed by atoms with E-state index < -0.39 is 0 Å². The molecule has 1 nitrogen and oxygen atoms in total. The van der Waals surface area contributed by atoms with E-state index in [9.17, 15) is 0 Å². The summed E-state index contributed by atoms with van der Waals surface area (Å²) in [6.45, 7) is 4.59. The van der Waals surface area contributed by atoms with Crippen LogP contribution in [-0.4, -0.2) is 0 Å². The number of benzene rings is 1. The number of fused-ring (bicyclic) bond motifs is 2. The van der Waals surface area contributed by atoms with Crippen molar-refractivity contribution < 1.29 is 4.42 Å². The van der Waals surface area contributed by atoms with Crippen molar-refractivity contribution in [1.82, 2.24) is 0 Å². The van der Waals surface area contributed by atoms with E-state index in [1.54, 1.807) is 0 Å². The van der Waals surface area contributed by atoms with Crippen LogP contribution in [0.2, 0.25) is 0 Å². The summed E-state index contributed by atoms with van der Waals surface area (Å²) >= 11 is 0. The molecule has 0 aliphatic heterocycles. The summed E-state index contributed by atoms with van der Waals surface area (Å²) in [7, 11) is 0. The molecule has 2 heterocycles. The van der Waals surface area contributed by atoms with Crippen molar-refractivity contribution in [2.75, 3.05) is 0 Å². The molecule has 0 saturated heterocycles. The van der Waals surface area contributed by atoms with Gasteiger partial charge in [-0.05, 0) is 48.9 Å². The number of furan rings is 2. The van der Waals surface area contributed by atoms with E-state index in [0.29, 0.717) is 0 Å². The Morgan fingerprint density at radius 3 is 1.00 bits per heavy atom. The third-order valence-corrected chi connectivity index (χ3v) is 7.06. The Kier molecular flexibility index (Phi) is 14.9. The average molecular weight is 429 g/mol. The van der Waals surface area contributed by atoms with Crippen molar-refractivity contribution in [2.45, 2.75) is 155 Å². The Labute approximate surface area is 194 Å². The molecule has 0 aromatic carbocycles. The minimum Gasteiger partial charge on any atom is -0.457 e. The molecule has 0 amide bonds. The molecule has 0 N–H and O–H groups in total. The number of hydrogen-bond acceptors (Lipinski definition) is 1. The fraction of sp³-hybridized carbons (Fsp3) is 0.800. The average Bonchev–Trinajstić information content (AvgIpc) is 3.36. The van der Waals surface area contributed by atoms with Gasteiger partial charge in [-0.3, -0.25) is 0 Å². The molecule has 0 unspecified atom stereocenters. The van der Waals surface area contributed by atoms with Crippen molar-refractivity contribution in [3.05, 3.63) is 23.3 Å². The largest absolute Gasteiger partial charge is 0.457 e. The van der Waals surface area contributed by atoms with Gasteiger partial charge in [-0.25, -0.2) is 0 Å². The molecule has 31 heavy (non-hydrogen) atoms. The van der Waals surface area contributed by atoms with Gasteiger partial charge in [-0.1, -0.05) is 129 Å². The summed E-state index contributed by atoms with van der Waals surface area (Å²) in [6, 6.07) is 4.68. The maximum atomic E-state index is 6.03. The Morgan fingerprint density at radius 1 is 0.419 bits per heavy atom. The Morgan fingerprint density at radius 2 is 0.710 bits per heavy atom. The predicted octanol–water partition coefficient (Wildman–Crippen LogP) is 10.8. The van der Waals surface area contributed by atoms with Gasteiger partial charge in [0.2, 0.25) is 0 Å². The van der Waals surface area contributed by atoms with Gasteiger partial charge in [-0.2, -0.15) is 0 Å². The lowest BCUT2D eigenvalue weighted by molar-refractivity contribution is 0.556. The SMILES string of the molecule is CCCCCCCCCCCCc1cc2oc1cc2CCCCCCCCCCCC. The van der Waals surface area contributed by atoms with Crippen LogP contribution in [0, 0.1) is 0 Å². The minimum atomic E-state index is 1.17. The molecule has 2 bridgehead atoms. The second-order valence-electron chi connectivity index (χ2n) is 10.0. The lowest BCUT2D eigenvalue weighted by atomic mass is 10.0. The topological polar surface area (TPSA) is 13.1 Å². The zero-order valence-electron chi connectivity index (χ0n) is 21.1. The quantitative estimate of drug-likeness (QED) is 0.170. The van der Waals surface area contributed by atoms with Gasteiger partial charge in [0, 0.05) is 0 Å². The molecule has 178 valence electrons. The molecule has 0 aliphatic carbocycles. The molecule has 0 spiro atoms. The van der Waals surface area contributed by atoms with E-state index in [4.69, 9.17) is 4.42 Å². The van der Waals surface area contributed by atoms with E-state index in [-0.39, 0.29) is 0 Å². The monoisotopic (exact) mass is 428 g/mol. The Hall–Kier alpha value is -0.980. The number of rotatable bonds is 22. The molecule has 2 aromatic heterocycles. The third kappa shape index (κ3) is 11.4. The molecular formula is C30H52O. The molecule has 0 aliphatic rings. The smallest absolute Gasteiger partial charge is 0.131 e. The van der Waals surface area contributed by atoms with Gasteiger partial charge < -0.3 is 4.42 Å². The van der Waals surface area contributed by atoms with Gasteiger partial charge in [0.15, 0.2) is 0 Å². The van der Waals surface area contributed by atoms with Crippen molar-refractivity contribution in [3.8, 4) is 0 Å². The van der Waals surface area contributed by atoms with Gasteiger partial charge in [-0.15, -0.1) is 0 Å². The standard InChI is InChI=1S/C30H52O/c1-3-5-7-9-11-13-15-17-19-21-23-27-25-30-28(26-29(27)31-30)24-22-20-18-16-14-12-10-8-6-4-2/h25-26H,3-24H2,1-2H3. The summed E-state index contributed by atoms with van der Waals surface area (Å²) in [6.07, 6.45) is 30.6. The van der Waals surface area contributed by atoms with Crippen LogP contribution in [0.5, 0.6) is 0 Å². The summed E-state index contributed by atoms with van der Waals surface area (Å²) in [5, 5.41) is 0. The van der Waals surface area contributed by atoms with Crippen LogP contribution >= 0.6 is 0 Å². The summed E-state index contributed by atoms with van der Waals surface area (Å²) < 4.78 is 6.03. The fourth-order valence-corrected chi connectivity index (χ4v) is 4.95. The summed E-state index contributed by atoms with van der Waals surface area (Å²) in [5.74, 6) is 0. The Balaban J connectivity index is 1.45. The lowest BCUT2D eigenvalue weighted by Gasteiger charge is -2.03. The van der Waals surface area contributed by atoms with Crippen LogP contribution in [-0.2, 0) is 12.8 Å². The van der Waals surface area contributed by atoms with Crippen molar-refractivity contribution in [3.63, 3.8) is 0 Å². The molecule has 2 rings (SSSR count). The van der Waals surface area contributed by atoms with Gasteiger partial charge in [0.05, 0.1) is 0 Å². The first-order valence-corrected chi connectivity index (χ1v) is 14.2. The highest BCUT2D eigenvalue weighted by Crippen LogP contribution is 2.29. The first-order valence-electron chi connectivity index (χ1n) is 14.2. The number of aryl methyl sites for hydroxylation is 2. The third-order valence-electron chi connectivity index (χ3n) is 7.06. The van der Waals surface area contributed by atoms with E-state index in [1.807, 2.05) is 0 Å². The maximum Gasteiger partial charge on any atom is 0.131 e.